The Kier molecular flexibility index (Phi) is 5.52. The third-order valence-electron chi connectivity index (χ3n) is 4.25. The highest BCUT2D eigenvalue weighted by atomic mass is 19.1. The maximum absolute atomic E-state index is 14.1. The number of nitrogens with zero attached hydrogens (tertiary/aromatic N) is 1. The van der Waals surface area contributed by atoms with E-state index in [0.29, 0.717) is 24.9 Å². The Morgan fingerprint density at radius 1 is 1.41 bits per heavy atom. The predicted molar refractivity (Wildman–Crippen MR) is 82.6 cm³/mol. The molecule has 2 rings (SSSR count). The first kappa shape index (κ1) is 16.5. The quantitative estimate of drug-likeness (QED) is 0.850. The second-order valence-corrected chi connectivity index (χ2v) is 5.76. The molecule has 1 fully saturated rings. The molecule has 4 nitrogen and oxygen atoms in total. The average molecular weight is 306 g/mol. The lowest BCUT2D eigenvalue weighted by Crippen LogP contribution is -2.46. The minimum atomic E-state index is -0.538. The van der Waals surface area contributed by atoms with E-state index in [9.17, 15) is 14.0 Å². The van der Waals surface area contributed by atoms with Gasteiger partial charge in [0, 0.05) is 25.6 Å². The van der Waals surface area contributed by atoms with Crippen molar-refractivity contribution >= 4 is 11.8 Å². The molecule has 1 N–H and O–H groups in total. The second-order valence-electron chi connectivity index (χ2n) is 5.76. The first-order chi connectivity index (χ1) is 10.6. The fraction of sp³-hybridized carbons (Fsp3) is 0.529. The summed E-state index contributed by atoms with van der Waals surface area (Å²) in [4.78, 5) is 25.9. The highest BCUT2D eigenvalue weighted by Gasteiger charge is 2.39. The van der Waals surface area contributed by atoms with Gasteiger partial charge in [-0.3, -0.25) is 9.59 Å². The number of rotatable bonds is 5. The third kappa shape index (κ3) is 3.46. The number of likely N-dealkylation sites (tertiary alicyclic amines) is 1. The molecule has 1 aliphatic heterocycles. The van der Waals surface area contributed by atoms with Crippen LogP contribution in [-0.4, -0.2) is 30.3 Å². The van der Waals surface area contributed by atoms with Crippen LogP contribution in [0.1, 0.15) is 44.2 Å². The smallest absolute Gasteiger partial charge is 0.225 e. The number of carbonyl (C=O) groups is 2. The lowest BCUT2D eigenvalue weighted by atomic mass is 9.83. The van der Waals surface area contributed by atoms with Crippen LogP contribution < -0.4 is 5.32 Å². The number of halogens is 1. The summed E-state index contributed by atoms with van der Waals surface area (Å²) in [5.74, 6) is -0.927. The molecule has 0 unspecified atom stereocenters. The standard InChI is InChI=1S/C17H23FN2O2/c1-3-4-11-19-17(22)13-9-10-15(21)20(2)16(13)12-7-5-6-8-14(12)18/h5-8,13,16H,3-4,9-11H2,1-2H3,(H,19,22)/t13-,16-/m1/s1. The summed E-state index contributed by atoms with van der Waals surface area (Å²) in [6.07, 6.45) is 2.70. The maximum Gasteiger partial charge on any atom is 0.225 e. The molecule has 1 aromatic rings. The van der Waals surface area contributed by atoms with Crippen molar-refractivity contribution in [2.45, 2.75) is 38.6 Å². The van der Waals surface area contributed by atoms with Gasteiger partial charge >= 0.3 is 0 Å². The van der Waals surface area contributed by atoms with E-state index in [1.54, 1.807) is 25.2 Å². The summed E-state index contributed by atoms with van der Waals surface area (Å²) < 4.78 is 14.1. The topological polar surface area (TPSA) is 49.4 Å². The fourth-order valence-electron chi connectivity index (χ4n) is 2.97. The normalized spacial score (nSPS) is 21.8. The number of hydrogen-bond donors (Lipinski definition) is 1. The van der Waals surface area contributed by atoms with Crippen molar-refractivity contribution in [3.05, 3.63) is 35.6 Å². The van der Waals surface area contributed by atoms with Crippen LogP contribution in [0.15, 0.2) is 24.3 Å². The van der Waals surface area contributed by atoms with E-state index in [0.717, 1.165) is 12.8 Å². The minimum Gasteiger partial charge on any atom is -0.356 e. The van der Waals surface area contributed by atoms with Gasteiger partial charge in [-0.25, -0.2) is 4.39 Å². The van der Waals surface area contributed by atoms with Gasteiger partial charge in [0.15, 0.2) is 0 Å². The third-order valence-corrected chi connectivity index (χ3v) is 4.25. The molecule has 0 aromatic heterocycles. The van der Waals surface area contributed by atoms with E-state index in [1.807, 2.05) is 0 Å². The molecule has 0 spiro atoms. The molecular formula is C17H23FN2O2. The van der Waals surface area contributed by atoms with E-state index < -0.39 is 12.0 Å². The molecule has 0 saturated carbocycles. The SMILES string of the molecule is CCCCNC(=O)[C@@H]1CCC(=O)N(C)[C@@H]1c1ccccc1F. The van der Waals surface area contributed by atoms with Gasteiger partial charge in [0.25, 0.3) is 0 Å². The van der Waals surface area contributed by atoms with Gasteiger partial charge in [0.2, 0.25) is 11.8 Å². The number of unbranched alkanes of at least 4 members (excludes halogenated alkanes) is 1. The van der Waals surface area contributed by atoms with Gasteiger partial charge in [-0.15, -0.1) is 0 Å². The molecular weight excluding hydrogens is 283 g/mol. The average Bonchev–Trinajstić information content (AvgIpc) is 2.51. The summed E-state index contributed by atoms with van der Waals surface area (Å²) in [5, 5.41) is 2.91. The number of piperidine rings is 1. The molecule has 5 heteroatoms. The highest BCUT2D eigenvalue weighted by Crippen LogP contribution is 2.36. The molecule has 1 saturated heterocycles. The number of amides is 2. The summed E-state index contributed by atoms with van der Waals surface area (Å²) >= 11 is 0. The van der Waals surface area contributed by atoms with E-state index >= 15 is 0 Å². The van der Waals surface area contributed by atoms with Crippen LogP contribution in [0.3, 0.4) is 0 Å². The minimum absolute atomic E-state index is 0.0501. The van der Waals surface area contributed by atoms with Crippen molar-refractivity contribution in [1.29, 1.82) is 0 Å². The van der Waals surface area contributed by atoms with Crippen LogP contribution in [0.4, 0.5) is 4.39 Å². The number of nitrogens with one attached hydrogen (secondary N) is 1. The second kappa shape index (κ2) is 7.38. The van der Waals surface area contributed by atoms with E-state index in [4.69, 9.17) is 0 Å². The number of carbonyl (C=O) groups excluding carboxylic acids is 2. The largest absolute Gasteiger partial charge is 0.356 e. The fourth-order valence-corrected chi connectivity index (χ4v) is 2.97. The summed E-state index contributed by atoms with van der Waals surface area (Å²) in [6, 6.07) is 5.83. The Labute approximate surface area is 130 Å². The number of hydrogen-bond acceptors (Lipinski definition) is 2. The lowest BCUT2D eigenvalue weighted by Gasteiger charge is -2.38. The zero-order chi connectivity index (χ0) is 16.1. The van der Waals surface area contributed by atoms with Crippen molar-refractivity contribution in [3.8, 4) is 0 Å². The van der Waals surface area contributed by atoms with Crippen LogP contribution in [0, 0.1) is 11.7 Å². The van der Waals surface area contributed by atoms with Crippen molar-refractivity contribution in [3.63, 3.8) is 0 Å². The maximum atomic E-state index is 14.1. The van der Waals surface area contributed by atoms with E-state index in [-0.39, 0.29) is 17.6 Å². The van der Waals surface area contributed by atoms with Gasteiger partial charge in [-0.1, -0.05) is 31.5 Å². The Morgan fingerprint density at radius 3 is 2.82 bits per heavy atom. The molecule has 0 bridgehead atoms. The van der Waals surface area contributed by atoms with Gasteiger partial charge in [-0.05, 0) is 18.9 Å². The van der Waals surface area contributed by atoms with Crippen molar-refractivity contribution in [2.75, 3.05) is 13.6 Å². The van der Waals surface area contributed by atoms with Crippen molar-refractivity contribution < 1.29 is 14.0 Å². The molecule has 2 atom stereocenters. The Bertz CT molecular complexity index is 547. The van der Waals surface area contributed by atoms with Crippen molar-refractivity contribution in [1.82, 2.24) is 10.2 Å². The summed E-state index contributed by atoms with van der Waals surface area (Å²) in [5.41, 5.74) is 0.411. The Balaban J connectivity index is 2.25. The summed E-state index contributed by atoms with van der Waals surface area (Å²) in [6.45, 7) is 2.68. The van der Waals surface area contributed by atoms with Crippen LogP contribution >= 0.6 is 0 Å². The summed E-state index contributed by atoms with van der Waals surface area (Å²) in [7, 11) is 1.64. The van der Waals surface area contributed by atoms with Crippen molar-refractivity contribution in [2.24, 2.45) is 5.92 Å². The lowest BCUT2D eigenvalue weighted by molar-refractivity contribution is -0.141. The monoisotopic (exact) mass is 306 g/mol. The van der Waals surface area contributed by atoms with Crippen LogP contribution in [0.25, 0.3) is 0 Å². The first-order valence-corrected chi connectivity index (χ1v) is 7.84. The highest BCUT2D eigenvalue weighted by molar-refractivity contribution is 5.84. The molecule has 1 heterocycles. The Hall–Kier alpha value is -1.91. The Morgan fingerprint density at radius 2 is 2.14 bits per heavy atom. The van der Waals surface area contributed by atoms with Gasteiger partial charge in [0.05, 0.1) is 12.0 Å². The van der Waals surface area contributed by atoms with E-state index in [1.165, 1.54) is 11.0 Å². The molecule has 1 aromatic carbocycles. The molecule has 120 valence electrons. The molecule has 0 radical (unpaired) electrons. The van der Waals surface area contributed by atoms with Gasteiger partial charge in [0.1, 0.15) is 5.82 Å². The zero-order valence-corrected chi connectivity index (χ0v) is 13.1. The molecule has 1 aliphatic rings. The van der Waals surface area contributed by atoms with Crippen LogP contribution in [0.5, 0.6) is 0 Å². The van der Waals surface area contributed by atoms with Gasteiger partial charge in [-0.2, -0.15) is 0 Å². The first-order valence-electron chi connectivity index (χ1n) is 7.84. The van der Waals surface area contributed by atoms with Gasteiger partial charge < -0.3 is 10.2 Å². The van der Waals surface area contributed by atoms with Crippen LogP contribution in [-0.2, 0) is 9.59 Å². The molecule has 22 heavy (non-hydrogen) atoms. The zero-order valence-electron chi connectivity index (χ0n) is 13.1. The predicted octanol–water partition coefficient (Wildman–Crippen LogP) is 2.65. The van der Waals surface area contributed by atoms with E-state index in [2.05, 4.69) is 12.2 Å². The molecule has 0 aliphatic carbocycles. The van der Waals surface area contributed by atoms with Crippen LogP contribution in [0.2, 0.25) is 0 Å². The molecule has 2 amide bonds. The number of benzene rings is 1.